The summed E-state index contributed by atoms with van der Waals surface area (Å²) < 4.78 is 5.53. The Labute approximate surface area is 146 Å². The predicted molar refractivity (Wildman–Crippen MR) is 92.2 cm³/mol. The first-order chi connectivity index (χ1) is 11.7. The number of ether oxygens (including phenoxy) is 1. The summed E-state index contributed by atoms with van der Waals surface area (Å²) in [5.41, 5.74) is 1.23. The summed E-state index contributed by atoms with van der Waals surface area (Å²) in [6, 6.07) is 11.1. The summed E-state index contributed by atoms with van der Waals surface area (Å²) >= 11 is 5.83. The number of carbonyl (C=O) groups is 1. The number of aromatic nitrogens is 1. The van der Waals surface area contributed by atoms with E-state index in [0.29, 0.717) is 10.8 Å². The maximum atomic E-state index is 12.3. The van der Waals surface area contributed by atoms with Crippen LogP contribution in [0.25, 0.3) is 0 Å². The van der Waals surface area contributed by atoms with E-state index in [0.717, 1.165) is 32.7 Å². The minimum absolute atomic E-state index is 0.0328. The molecule has 2 heterocycles. The van der Waals surface area contributed by atoms with Crippen molar-refractivity contribution in [1.29, 1.82) is 0 Å². The Morgan fingerprint density at radius 2 is 1.96 bits per heavy atom. The summed E-state index contributed by atoms with van der Waals surface area (Å²) in [5.74, 6) is 0.693. The number of hydrogen-bond acceptors (Lipinski definition) is 3. The normalized spacial score (nSPS) is 15.3. The number of nitrogens with one attached hydrogen (secondary N) is 1. The van der Waals surface area contributed by atoms with Crippen LogP contribution in [0.15, 0.2) is 48.8 Å². The van der Waals surface area contributed by atoms with Gasteiger partial charge in [0.15, 0.2) is 6.61 Å². The molecule has 0 saturated carbocycles. The molecule has 0 bridgehead atoms. The molecule has 1 aromatic heterocycles. The number of nitrogens with zero attached hydrogens (tertiary/aromatic N) is 2. The second kappa shape index (κ2) is 8.13. The molecule has 3 rings (SSSR count). The van der Waals surface area contributed by atoms with Crippen LogP contribution in [0.5, 0.6) is 5.75 Å². The van der Waals surface area contributed by atoms with Gasteiger partial charge in [0.2, 0.25) is 0 Å². The first-order valence-corrected chi connectivity index (χ1v) is 8.47. The number of amides is 1. The number of halogens is 1. The Bertz CT molecular complexity index is 656. The third-order valence-electron chi connectivity index (χ3n) is 4.18. The molecule has 0 radical (unpaired) electrons. The van der Waals surface area contributed by atoms with Crippen molar-refractivity contribution >= 4 is 17.5 Å². The van der Waals surface area contributed by atoms with Crippen molar-refractivity contribution in [1.82, 2.24) is 9.88 Å². The van der Waals surface area contributed by atoms with Crippen molar-refractivity contribution in [2.24, 2.45) is 0 Å². The molecule has 1 saturated heterocycles. The lowest BCUT2D eigenvalue weighted by molar-refractivity contribution is -0.917. The van der Waals surface area contributed by atoms with Gasteiger partial charge in [0.1, 0.15) is 12.3 Å². The van der Waals surface area contributed by atoms with E-state index in [9.17, 15) is 4.79 Å². The number of rotatable bonds is 5. The van der Waals surface area contributed by atoms with Gasteiger partial charge in [0.25, 0.3) is 5.91 Å². The number of carbonyl (C=O) groups excluding carboxylic acids is 1. The predicted octanol–water partition coefficient (Wildman–Crippen LogP) is 1.04. The van der Waals surface area contributed by atoms with Gasteiger partial charge in [-0.2, -0.15) is 0 Å². The van der Waals surface area contributed by atoms with E-state index in [1.54, 1.807) is 30.5 Å². The highest BCUT2D eigenvalue weighted by molar-refractivity contribution is 6.30. The molecular weight excluding hydrogens is 326 g/mol. The fraction of sp³-hybridized carbons (Fsp3) is 0.333. The van der Waals surface area contributed by atoms with E-state index in [-0.39, 0.29) is 12.5 Å². The fourth-order valence-electron chi connectivity index (χ4n) is 2.81. The van der Waals surface area contributed by atoms with Crippen molar-refractivity contribution in [2.75, 3.05) is 32.8 Å². The summed E-state index contributed by atoms with van der Waals surface area (Å²) in [5, 5.41) is 0.654. The smallest absolute Gasteiger partial charge is 0.260 e. The number of quaternary nitrogens is 1. The Kier molecular flexibility index (Phi) is 5.67. The minimum atomic E-state index is 0.0328. The van der Waals surface area contributed by atoms with Crippen LogP contribution < -0.4 is 9.64 Å². The Balaban J connectivity index is 1.42. The molecule has 6 heteroatoms. The molecule has 1 aliphatic heterocycles. The van der Waals surface area contributed by atoms with Crippen molar-refractivity contribution in [3.8, 4) is 5.75 Å². The molecule has 1 amide bonds. The van der Waals surface area contributed by atoms with Crippen LogP contribution in [0, 0.1) is 0 Å². The number of hydrogen-bond donors (Lipinski definition) is 1. The van der Waals surface area contributed by atoms with Crippen LogP contribution in [0.4, 0.5) is 0 Å². The SMILES string of the molecule is O=C(COc1ccc(Cl)cc1)N1CC[NH+](Cc2cccnc2)CC1. The van der Waals surface area contributed by atoms with Crippen LogP contribution in [-0.4, -0.2) is 48.6 Å². The van der Waals surface area contributed by atoms with Crippen LogP contribution in [0.2, 0.25) is 5.02 Å². The van der Waals surface area contributed by atoms with E-state index in [1.165, 1.54) is 10.5 Å². The summed E-state index contributed by atoms with van der Waals surface area (Å²) in [4.78, 5) is 19.8. The van der Waals surface area contributed by atoms with Crippen molar-refractivity contribution in [3.05, 3.63) is 59.4 Å². The monoisotopic (exact) mass is 346 g/mol. The maximum Gasteiger partial charge on any atom is 0.260 e. The largest absolute Gasteiger partial charge is 0.484 e. The molecule has 1 aliphatic rings. The topological polar surface area (TPSA) is 46.9 Å². The third kappa shape index (κ3) is 4.69. The maximum absolute atomic E-state index is 12.3. The lowest BCUT2D eigenvalue weighted by Crippen LogP contribution is -3.13. The molecule has 1 aromatic carbocycles. The van der Waals surface area contributed by atoms with E-state index in [1.807, 2.05) is 17.2 Å². The fourth-order valence-corrected chi connectivity index (χ4v) is 2.93. The van der Waals surface area contributed by atoms with Crippen LogP contribution in [-0.2, 0) is 11.3 Å². The van der Waals surface area contributed by atoms with Gasteiger partial charge in [-0.05, 0) is 30.3 Å². The van der Waals surface area contributed by atoms with Gasteiger partial charge in [0, 0.05) is 23.0 Å². The van der Waals surface area contributed by atoms with Gasteiger partial charge < -0.3 is 14.5 Å². The average Bonchev–Trinajstić information content (AvgIpc) is 2.62. The van der Waals surface area contributed by atoms with Gasteiger partial charge in [-0.15, -0.1) is 0 Å². The Hall–Kier alpha value is -2.11. The molecule has 0 spiro atoms. The van der Waals surface area contributed by atoms with Crippen molar-refractivity contribution < 1.29 is 14.4 Å². The molecule has 0 atom stereocenters. The van der Waals surface area contributed by atoms with E-state index >= 15 is 0 Å². The van der Waals surface area contributed by atoms with Gasteiger partial charge >= 0.3 is 0 Å². The quantitative estimate of drug-likeness (QED) is 0.880. The van der Waals surface area contributed by atoms with E-state index in [2.05, 4.69) is 11.1 Å². The van der Waals surface area contributed by atoms with Crippen LogP contribution in [0.3, 0.4) is 0 Å². The van der Waals surface area contributed by atoms with Gasteiger partial charge in [-0.25, -0.2) is 0 Å². The number of piperazine rings is 1. The molecule has 126 valence electrons. The standard InChI is InChI=1S/C18H20ClN3O2/c19-16-3-5-17(6-4-16)24-14-18(23)22-10-8-21(9-11-22)13-15-2-1-7-20-12-15/h1-7,12H,8-11,13-14H2/p+1. The average molecular weight is 347 g/mol. The van der Waals surface area contributed by atoms with Gasteiger partial charge in [-0.3, -0.25) is 9.78 Å². The molecule has 24 heavy (non-hydrogen) atoms. The Morgan fingerprint density at radius 1 is 1.21 bits per heavy atom. The molecule has 1 N–H and O–H groups in total. The Morgan fingerprint density at radius 3 is 2.62 bits per heavy atom. The highest BCUT2D eigenvalue weighted by atomic mass is 35.5. The molecule has 5 nitrogen and oxygen atoms in total. The zero-order valence-electron chi connectivity index (χ0n) is 13.5. The molecule has 0 aliphatic carbocycles. The summed E-state index contributed by atoms with van der Waals surface area (Å²) in [7, 11) is 0. The van der Waals surface area contributed by atoms with Crippen molar-refractivity contribution in [2.45, 2.75) is 6.54 Å². The highest BCUT2D eigenvalue weighted by Crippen LogP contribution is 2.15. The summed E-state index contributed by atoms with van der Waals surface area (Å²) in [6.45, 7) is 4.44. The van der Waals surface area contributed by atoms with Gasteiger partial charge in [0.05, 0.1) is 26.2 Å². The molecule has 2 aromatic rings. The first-order valence-electron chi connectivity index (χ1n) is 8.09. The molecular formula is C18H21ClN3O2+. The van der Waals surface area contributed by atoms with Gasteiger partial charge in [-0.1, -0.05) is 17.7 Å². The minimum Gasteiger partial charge on any atom is -0.484 e. The first kappa shape index (κ1) is 16.7. The second-order valence-corrected chi connectivity index (χ2v) is 6.35. The second-order valence-electron chi connectivity index (χ2n) is 5.91. The van der Waals surface area contributed by atoms with E-state index < -0.39 is 0 Å². The number of benzene rings is 1. The lowest BCUT2D eigenvalue weighted by atomic mass is 10.2. The van der Waals surface area contributed by atoms with Crippen molar-refractivity contribution in [3.63, 3.8) is 0 Å². The molecule has 0 unspecified atom stereocenters. The molecule has 1 fully saturated rings. The van der Waals surface area contributed by atoms with Crippen LogP contribution in [0.1, 0.15) is 5.56 Å². The zero-order valence-corrected chi connectivity index (χ0v) is 14.2. The summed E-state index contributed by atoms with van der Waals surface area (Å²) in [6.07, 6.45) is 3.70. The zero-order chi connectivity index (χ0) is 16.8. The number of pyridine rings is 1. The lowest BCUT2D eigenvalue weighted by Gasteiger charge is -2.32. The van der Waals surface area contributed by atoms with Crippen LogP contribution >= 0.6 is 11.6 Å². The third-order valence-corrected chi connectivity index (χ3v) is 4.43. The van der Waals surface area contributed by atoms with E-state index in [4.69, 9.17) is 16.3 Å². The highest BCUT2D eigenvalue weighted by Gasteiger charge is 2.23.